The summed E-state index contributed by atoms with van der Waals surface area (Å²) in [6, 6.07) is 8.92. The standard InChI is InChI=1S/C24H27FN8O3/c1-15(32-10-3-9-28-32)12-24(2)19(13-26)20(8-11-31(24)23(35)36)33-14-18(21(27)34)22(30-33)29-17-6-4-16(25)5-7-17/h3-7,9-10,14-15,19-20H,8,11-12H2,1-2H3,(H2,27,34)(H,29,30)(H,35,36)/t15?,19-,20+,24?/m0/s1. The highest BCUT2D eigenvalue weighted by molar-refractivity contribution is 5.98. The number of hydrogen-bond acceptors (Lipinski definition) is 6. The highest BCUT2D eigenvalue weighted by atomic mass is 19.1. The first-order valence-corrected chi connectivity index (χ1v) is 11.4. The molecule has 4 N–H and O–H groups in total. The number of carboxylic acid groups (broad SMARTS) is 1. The molecule has 4 rings (SSSR count). The van der Waals surface area contributed by atoms with E-state index in [1.54, 1.807) is 30.1 Å². The van der Waals surface area contributed by atoms with E-state index in [-0.39, 0.29) is 24.0 Å². The largest absolute Gasteiger partial charge is 0.465 e. The molecule has 4 atom stereocenters. The molecule has 2 amide bonds. The number of hydrogen-bond donors (Lipinski definition) is 3. The van der Waals surface area contributed by atoms with Gasteiger partial charge in [-0.2, -0.15) is 15.5 Å². The number of aromatic nitrogens is 4. The molecule has 3 aromatic rings. The molecule has 36 heavy (non-hydrogen) atoms. The van der Waals surface area contributed by atoms with Crippen molar-refractivity contribution in [2.45, 2.75) is 44.3 Å². The summed E-state index contributed by atoms with van der Waals surface area (Å²) in [7, 11) is 0. The zero-order valence-corrected chi connectivity index (χ0v) is 19.9. The van der Waals surface area contributed by atoms with Gasteiger partial charge in [0.25, 0.3) is 5.91 Å². The molecule has 1 saturated heterocycles. The van der Waals surface area contributed by atoms with Gasteiger partial charge in [0, 0.05) is 30.8 Å². The summed E-state index contributed by atoms with van der Waals surface area (Å²) in [5.74, 6) is -1.76. The Bertz CT molecular complexity index is 1280. The Balaban J connectivity index is 1.70. The molecule has 188 valence electrons. The minimum Gasteiger partial charge on any atom is -0.465 e. The maximum Gasteiger partial charge on any atom is 0.407 e. The van der Waals surface area contributed by atoms with E-state index >= 15 is 0 Å². The van der Waals surface area contributed by atoms with Gasteiger partial charge < -0.3 is 21.1 Å². The molecular weight excluding hydrogens is 467 g/mol. The average Bonchev–Trinajstić information content (AvgIpc) is 3.50. The maximum atomic E-state index is 13.3. The Labute approximate surface area is 206 Å². The molecule has 0 spiro atoms. The lowest BCUT2D eigenvalue weighted by molar-refractivity contribution is -0.00498. The van der Waals surface area contributed by atoms with E-state index in [2.05, 4.69) is 21.6 Å². The number of carbonyl (C=O) groups is 2. The van der Waals surface area contributed by atoms with Crippen LogP contribution in [0.2, 0.25) is 0 Å². The Hall–Kier alpha value is -4.40. The minimum atomic E-state index is -1.11. The van der Waals surface area contributed by atoms with E-state index < -0.39 is 35.3 Å². The molecule has 2 aromatic heterocycles. The van der Waals surface area contributed by atoms with Gasteiger partial charge >= 0.3 is 6.09 Å². The molecule has 12 heteroatoms. The fraction of sp³-hybridized carbons (Fsp3) is 0.375. The zero-order chi connectivity index (χ0) is 26.0. The van der Waals surface area contributed by atoms with Crippen LogP contribution in [0.1, 0.15) is 49.1 Å². The molecule has 0 aliphatic carbocycles. The number of nitriles is 1. The van der Waals surface area contributed by atoms with Gasteiger partial charge in [-0.25, -0.2) is 9.18 Å². The van der Waals surface area contributed by atoms with E-state index in [0.29, 0.717) is 18.5 Å². The van der Waals surface area contributed by atoms with E-state index in [4.69, 9.17) is 5.73 Å². The lowest BCUT2D eigenvalue weighted by Gasteiger charge is -2.50. The van der Waals surface area contributed by atoms with Gasteiger partial charge in [-0.15, -0.1) is 0 Å². The number of carbonyl (C=O) groups excluding carboxylic acids is 1. The summed E-state index contributed by atoms with van der Waals surface area (Å²) in [5, 5.41) is 32.0. The molecule has 0 saturated carbocycles. The summed E-state index contributed by atoms with van der Waals surface area (Å²) >= 11 is 0. The van der Waals surface area contributed by atoms with Crippen LogP contribution in [0.4, 0.5) is 20.7 Å². The normalized spacial score (nSPS) is 22.6. The number of primary amides is 1. The third-order valence-corrected chi connectivity index (χ3v) is 6.82. The first kappa shape index (κ1) is 24.7. The number of rotatable bonds is 7. The van der Waals surface area contributed by atoms with E-state index in [1.165, 1.54) is 40.0 Å². The molecule has 11 nitrogen and oxygen atoms in total. The molecule has 1 fully saturated rings. The highest BCUT2D eigenvalue weighted by Gasteiger charge is 2.51. The van der Waals surface area contributed by atoms with Crippen molar-refractivity contribution in [1.82, 2.24) is 24.5 Å². The second kappa shape index (κ2) is 9.69. The van der Waals surface area contributed by atoms with Crippen molar-refractivity contribution >= 4 is 23.5 Å². The number of piperidine rings is 1. The van der Waals surface area contributed by atoms with Crippen LogP contribution < -0.4 is 11.1 Å². The topological polar surface area (TPSA) is 155 Å². The Kier molecular flexibility index (Phi) is 6.65. The van der Waals surface area contributed by atoms with Crippen molar-refractivity contribution in [1.29, 1.82) is 5.26 Å². The van der Waals surface area contributed by atoms with Crippen LogP contribution in [0.15, 0.2) is 48.9 Å². The van der Waals surface area contributed by atoms with Crippen molar-refractivity contribution in [3.8, 4) is 6.07 Å². The molecule has 1 aliphatic rings. The number of amides is 2. The predicted octanol–water partition coefficient (Wildman–Crippen LogP) is 3.54. The van der Waals surface area contributed by atoms with Crippen LogP contribution in [-0.4, -0.2) is 53.7 Å². The van der Waals surface area contributed by atoms with Crippen LogP contribution >= 0.6 is 0 Å². The number of nitrogens with zero attached hydrogens (tertiary/aromatic N) is 6. The van der Waals surface area contributed by atoms with E-state index in [9.17, 15) is 24.3 Å². The molecule has 2 unspecified atom stereocenters. The van der Waals surface area contributed by atoms with Gasteiger partial charge in [0.2, 0.25) is 0 Å². The third-order valence-electron chi connectivity index (χ3n) is 6.82. The predicted molar refractivity (Wildman–Crippen MR) is 128 cm³/mol. The SMILES string of the molecule is CC(CC1(C)[C@@H](C#N)[C@H](n2cc(C(N)=O)c(Nc3ccc(F)cc3)n2)CCN1C(=O)O)n1cccn1. The second-order valence-corrected chi connectivity index (χ2v) is 9.16. The minimum absolute atomic E-state index is 0.100. The fourth-order valence-corrected chi connectivity index (χ4v) is 5.06. The highest BCUT2D eigenvalue weighted by Crippen LogP contribution is 2.44. The lowest BCUT2D eigenvalue weighted by Crippen LogP contribution is -2.60. The van der Waals surface area contributed by atoms with Crippen molar-refractivity contribution in [3.63, 3.8) is 0 Å². The van der Waals surface area contributed by atoms with Crippen LogP contribution in [0.5, 0.6) is 0 Å². The second-order valence-electron chi connectivity index (χ2n) is 9.16. The van der Waals surface area contributed by atoms with Crippen LogP contribution in [-0.2, 0) is 0 Å². The van der Waals surface area contributed by atoms with Crippen molar-refractivity contribution in [2.24, 2.45) is 11.7 Å². The number of halogens is 1. The fourth-order valence-electron chi connectivity index (χ4n) is 5.06. The van der Waals surface area contributed by atoms with Crippen LogP contribution in [0.25, 0.3) is 0 Å². The monoisotopic (exact) mass is 494 g/mol. The van der Waals surface area contributed by atoms with E-state index in [1.807, 2.05) is 6.92 Å². The Morgan fingerprint density at radius 1 is 1.39 bits per heavy atom. The van der Waals surface area contributed by atoms with Gasteiger partial charge in [-0.1, -0.05) is 0 Å². The maximum absolute atomic E-state index is 13.3. The number of nitrogens with two attached hydrogens (primary N) is 1. The summed E-state index contributed by atoms with van der Waals surface area (Å²) in [6.07, 6.45) is 4.44. The average molecular weight is 495 g/mol. The number of nitrogens with one attached hydrogen (secondary N) is 1. The quantitative estimate of drug-likeness (QED) is 0.454. The molecule has 1 aliphatic heterocycles. The van der Waals surface area contributed by atoms with Crippen molar-refractivity contribution in [3.05, 3.63) is 60.3 Å². The molecular formula is C24H27FN8O3. The van der Waals surface area contributed by atoms with Crippen molar-refractivity contribution < 1.29 is 19.1 Å². The van der Waals surface area contributed by atoms with Gasteiger partial charge in [0.05, 0.1) is 29.6 Å². The van der Waals surface area contributed by atoms with Gasteiger partial charge in [0.1, 0.15) is 11.4 Å². The first-order valence-electron chi connectivity index (χ1n) is 11.4. The number of likely N-dealkylation sites (tertiary alicyclic amines) is 1. The van der Waals surface area contributed by atoms with Crippen LogP contribution in [0.3, 0.4) is 0 Å². The summed E-state index contributed by atoms with van der Waals surface area (Å²) in [5.41, 5.74) is 5.11. The van der Waals surface area contributed by atoms with Crippen molar-refractivity contribution in [2.75, 3.05) is 11.9 Å². The first-order chi connectivity index (χ1) is 17.1. The van der Waals surface area contributed by atoms with E-state index in [0.717, 1.165) is 0 Å². The molecule has 1 aromatic carbocycles. The summed E-state index contributed by atoms with van der Waals surface area (Å²) in [4.78, 5) is 25.7. The lowest BCUT2D eigenvalue weighted by atomic mass is 9.72. The number of anilines is 2. The third kappa shape index (κ3) is 4.59. The molecule has 0 radical (unpaired) electrons. The Morgan fingerprint density at radius 2 is 2.11 bits per heavy atom. The smallest absolute Gasteiger partial charge is 0.407 e. The van der Waals surface area contributed by atoms with Gasteiger partial charge in [-0.3, -0.25) is 14.2 Å². The summed E-state index contributed by atoms with van der Waals surface area (Å²) < 4.78 is 16.5. The molecule has 0 bridgehead atoms. The Morgan fingerprint density at radius 3 is 2.69 bits per heavy atom. The zero-order valence-electron chi connectivity index (χ0n) is 19.9. The van der Waals surface area contributed by atoms with Gasteiger partial charge in [0.15, 0.2) is 5.82 Å². The number of benzene rings is 1. The summed E-state index contributed by atoms with van der Waals surface area (Å²) in [6.45, 7) is 3.85. The van der Waals surface area contributed by atoms with Crippen LogP contribution in [0, 0.1) is 23.1 Å². The molecule has 3 heterocycles. The van der Waals surface area contributed by atoms with Gasteiger partial charge in [-0.05, 0) is 57.0 Å².